The molecule has 186 valence electrons. The highest BCUT2D eigenvalue weighted by Gasteiger charge is 2.43. The topological polar surface area (TPSA) is 109 Å². The second kappa shape index (κ2) is 9.84. The molecule has 1 unspecified atom stereocenters. The molecule has 2 aromatic heterocycles. The molecule has 2 aromatic rings. The van der Waals surface area contributed by atoms with Crippen LogP contribution in [0, 0.1) is 5.92 Å². The van der Waals surface area contributed by atoms with Crippen molar-refractivity contribution in [3.8, 4) is 0 Å². The van der Waals surface area contributed by atoms with E-state index in [2.05, 4.69) is 15.0 Å². The maximum atomic E-state index is 13.2. The number of carbonyl (C=O) groups is 2. The minimum absolute atomic E-state index is 0.0376. The number of halogens is 3. The first-order valence-electron chi connectivity index (χ1n) is 11.0. The van der Waals surface area contributed by atoms with E-state index in [0.717, 1.165) is 32.2 Å². The summed E-state index contributed by atoms with van der Waals surface area (Å²) in [6, 6.07) is 1.80. The van der Waals surface area contributed by atoms with Crippen LogP contribution < -0.4 is 0 Å². The van der Waals surface area contributed by atoms with E-state index in [4.69, 9.17) is 19.4 Å². The number of carboxylic acids is 1. The Kier molecular flexibility index (Phi) is 7.05. The van der Waals surface area contributed by atoms with Gasteiger partial charge in [-0.1, -0.05) is 0 Å². The van der Waals surface area contributed by atoms with Crippen LogP contribution in [0.1, 0.15) is 23.2 Å². The molecule has 10 nitrogen and oxygen atoms in total. The van der Waals surface area contributed by atoms with Gasteiger partial charge in [0, 0.05) is 38.6 Å². The van der Waals surface area contributed by atoms with Gasteiger partial charge < -0.3 is 19.5 Å². The average molecular weight is 485 g/mol. The quantitative estimate of drug-likeness (QED) is 0.694. The molecule has 4 heterocycles. The largest absolute Gasteiger partial charge is 0.490 e. The van der Waals surface area contributed by atoms with E-state index in [-0.39, 0.29) is 5.91 Å². The van der Waals surface area contributed by atoms with Gasteiger partial charge in [-0.15, -0.1) is 0 Å². The smallest absolute Gasteiger partial charge is 0.475 e. The molecule has 1 N–H and O–H groups in total. The van der Waals surface area contributed by atoms with Crippen molar-refractivity contribution < 1.29 is 37.3 Å². The zero-order valence-electron chi connectivity index (χ0n) is 18.4. The monoisotopic (exact) mass is 485 g/mol. The zero-order valence-corrected chi connectivity index (χ0v) is 18.4. The van der Waals surface area contributed by atoms with Crippen molar-refractivity contribution in [1.29, 1.82) is 0 Å². The lowest BCUT2D eigenvalue weighted by Gasteiger charge is -2.43. The molecule has 1 atom stereocenters. The van der Waals surface area contributed by atoms with Crippen LogP contribution in [-0.2, 0) is 14.3 Å². The Bertz CT molecular complexity index is 1030. The van der Waals surface area contributed by atoms with Gasteiger partial charge in [-0.2, -0.15) is 18.3 Å². The third-order valence-electron chi connectivity index (χ3n) is 5.93. The molecule has 1 aliphatic carbocycles. The number of carbonyl (C=O) groups excluding carboxylic acids is 1. The number of amides is 1. The van der Waals surface area contributed by atoms with Gasteiger partial charge in [0.2, 0.25) is 0 Å². The van der Waals surface area contributed by atoms with E-state index >= 15 is 0 Å². The zero-order chi connectivity index (χ0) is 24.3. The SMILES string of the molecule is O=C(O)C(F)(F)F.O=C(c1cnn2cccnc12)N1CCOC2(COCCN(CC3CC3)C2)C1. The number of carboxylic acid groups (broad SMARTS) is 1. The van der Waals surface area contributed by atoms with Crippen molar-refractivity contribution in [2.24, 2.45) is 5.92 Å². The first-order valence-corrected chi connectivity index (χ1v) is 11.0. The van der Waals surface area contributed by atoms with Crippen LogP contribution in [-0.4, -0.2) is 106 Å². The van der Waals surface area contributed by atoms with Crippen LogP contribution in [0.3, 0.4) is 0 Å². The van der Waals surface area contributed by atoms with E-state index < -0.39 is 17.7 Å². The fourth-order valence-electron chi connectivity index (χ4n) is 4.16. The fraction of sp³-hybridized carbons (Fsp3) is 0.619. The molecule has 5 rings (SSSR count). The fourth-order valence-corrected chi connectivity index (χ4v) is 4.16. The minimum Gasteiger partial charge on any atom is -0.475 e. The number of hydrogen-bond acceptors (Lipinski definition) is 7. The Balaban J connectivity index is 0.000000344. The summed E-state index contributed by atoms with van der Waals surface area (Å²) in [6.07, 6.45) is 2.67. The number of aliphatic carboxylic acids is 1. The molecule has 13 heteroatoms. The maximum Gasteiger partial charge on any atom is 0.490 e. The summed E-state index contributed by atoms with van der Waals surface area (Å²) in [5.41, 5.74) is 0.683. The summed E-state index contributed by atoms with van der Waals surface area (Å²) in [6.45, 7) is 5.77. The normalized spacial score (nSPS) is 23.9. The summed E-state index contributed by atoms with van der Waals surface area (Å²) < 4.78 is 45.5. The van der Waals surface area contributed by atoms with Crippen molar-refractivity contribution in [2.45, 2.75) is 24.6 Å². The van der Waals surface area contributed by atoms with Crippen LogP contribution in [0.5, 0.6) is 0 Å². The third-order valence-corrected chi connectivity index (χ3v) is 5.93. The second-order valence-electron chi connectivity index (χ2n) is 8.74. The summed E-state index contributed by atoms with van der Waals surface area (Å²) in [7, 11) is 0. The predicted octanol–water partition coefficient (Wildman–Crippen LogP) is 1.32. The first-order chi connectivity index (χ1) is 16.2. The molecule has 0 radical (unpaired) electrons. The Hall–Kier alpha value is -2.77. The van der Waals surface area contributed by atoms with Crippen LogP contribution in [0.2, 0.25) is 0 Å². The van der Waals surface area contributed by atoms with E-state index in [1.54, 1.807) is 29.2 Å². The van der Waals surface area contributed by atoms with Gasteiger partial charge in [0.05, 0.1) is 32.6 Å². The number of ether oxygens (including phenoxy) is 2. The predicted molar refractivity (Wildman–Crippen MR) is 111 cm³/mol. The Morgan fingerprint density at radius 1 is 1.21 bits per heavy atom. The Morgan fingerprint density at radius 2 is 1.97 bits per heavy atom. The average Bonchev–Trinajstić information content (AvgIpc) is 3.54. The van der Waals surface area contributed by atoms with Crippen molar-refractivity contribution >= 4 is 17.5 Å². The number of nitrogens with zero attached hydrogens (tertiary/aromatic N) is 5. The number of hydrogen-bond donors (Lipinski definition) is 1. The molecule has 1 amide bonds. The lowest BCUT2D eigenvalue weighted by molar-refractivity contribution is -0.192. The highest BCUT2D eigenvalue weighted by molar-refractivity contribution is 5.99. The molecule has 34 heavy (non-hydrogen) atoms. The van der Waals surface area contributed by atoms with Crippen molar-refractivity contribution in [3.63, 3.8) is 0 Å². The Labute approximate surface area is 193 Å². The van der Waals surface area contributed by atoms with Crippen LogP contribution in [0.15, 0.2) is 24.7 Å². The van der Waals surface area contributed by atoms with Gasteiger partial charge in [0.1, 0.15) is 11.2 Å². The lowest BCUT2D eigenvalue weighted by atomic mass is 10.0. The van der Waals surface area contributed by atoms with E-state index in [1.165, 1.54) is 12.8 Å². The summed E-state index contributed by atoms with van der Waals surface area (Å²) in [5.74, 6) is -1.97. The van der Waals surface area contributed by atoms with Crippen LogP contribution in [0.25, 0.3) is 5.65 Å². The van der Waals surface area contributed by atoms with Gasteiger partial charge in [-0.3, -0.25) is 9.69 Å². The highest BCUT2D eigenvalue weighted by Crippen LogP contribution is 2.31. The van der Waals surface area contributed by atoms with Gasteiger partial charge in [-0.25, -0.2) is 14.3 Å². The first kappa shape index (κ1) is 24.4. The van der Waals surface area contributed by atoms with Crippen molar-refractivity contribution in [3.05, 3.63) is 30.2 Å². The van der Waals surface area contributed by atoms with Gasteiger partial charge in [0.15, 0.2) is 5.65 Å². The number of alkyl halides is 3. The summed E-state index contributed by atoms with van der Waals surface area (Å²) in [4.78, 5) is 30.7. The molecule has 2 saturated heterocycles. The molecule has 3 fully saturated rings. The molecule has 1 saturated carbocycles. The molecule has 0 bridgehead atoms. The van der Waals surface area contributed by atoms with Crippen molar-refractivity contribution in [1.82, 2.24) is 24.4 Å². The number of morpholine rings is 1. The van der Waals surface area contributed by atoms with Gasteiger partial charge >= 0.3 is 12.1 Å². The highest BCUT2D eigenvalue weighted by atomic mass is 19.4. The van der Waals surface area contributed by atoms with Gasteiger partial charge in [-0.05, 0) is 24.8 Å². The van der Waals surface area contributed by atoms with Crippen LogP contribution in [0.4, 0.5) is 13.2 Å². The van der Waals surface area contributed by atoms with E-state index in [1.807, 2.05) is 4.90 Å². The minimum atomic E-state index is -5.08. The lowest BCUT2D eigenvalue weighted by Crippen LogP contribution is -2.60. The van der Waals surface area contributed by atoms with Crippen LogP contribution >= 0.6 is 0 Å². The molecular formula is C21H26F3N5O5. The standard InChI is InChI=1S/C19H25N5O3.C2HF3O2/c25-18(16-10-21-24-5-1-4-20-17(16)24)23-7-9-27-19(13-23)12-22(6-8-26-14-19)11-15-2-3-15;3-2(4,5)1(6)7/h1,4-5,10,15H,2-3,6-9,11-14H2;(H,6,7). The Morgan fingerprint density at radius 3 is 2.68 bits per heavy atom. The molecule has 3 aliphatic rings. The molecule has 0 aromatic carbocycles. The van der Waals surface area contributed by atoms with E-state index in [0.29, 0.717) is 37.5 Å². The number of fused-ring (bicyclic) bond motifs is 1. The van der Waals surface area contributed by atoms with E-state index in [9.17, 15) is 18.0 Å². The second-order valence-corrected chi connectivity index (χ2v) is 8.74. The number of aromatic nitrogens is 3. The third kappa shape index (κ3) is 5.83. The molecular weight excluding hydrogens is 459 g/mol. The van der Waals surface area contributed by atoms with Gasteiger partial charge in [0.25, 0.3) is 5.91 Å². The molecule has 2 aliphatic heterocycles. The molecule has 1 spiro atoms. The van der Waals surface area contributed by atoms with Crippen molar-refractivity contribution in [2.75, 3.05) is 52.5 Å². The maximum absolute atomic E-state index is 13.2. The summed E-state index contributed by atoms with van der Waals surface area (Å²) in [5, 5.41) is 11.4. The number of rotatable bonds is 3. The summed E-state index contributed by atoms with van der Waals surface area (Å²) >= 11 is 0.